The lowest BCUT2D eigenvalue weighted by Gasteiger charge is -2.35. The summed E-state index contributed by atoms with van der Waals surface area (Å²) in [6, 6.07) is 11.1. The van der Waals surface area contributed by atoms with E-state index in [1.165, 1.54) is 28.8 Å². The summed E-state index contributed by atoms with van der Waals surface area (Å²) >= 11 is 0. The molecule has 1 amide bonds. The van der Waals surface area contributed by atoms with Crippen molar-refractivity contribution in [2.45, 2.75) is 39.9 Å². The van der Waals surface area contributed by atoms with E-state index < -0.39 is 0 Å². The molecule has 1 N–H and O–H groups in total. The zero-order valence-corrected chi connectivity index (χ0v) is 18.1. The molecule has 1 fully saturated rings. The fraction of sp³-hybridized carbons (Fsp3) is 0.522. The minimum atomic E-state index is -0.295. The van der Waals surface area contributed by atoms with Crippen molar-refractivity contribution in [1.82, 2.24) is 20.0 Å². The summed E-state index contributed by atoms with van der Waals surface area (Å²) < 4.78 is 6.25. The molecule has 7 heteroatoms. The quantitative estimate of drug-likeness (QED) is 0.720. The maximum atomic E-state index is 12.6. The van der Waals surface area contributed by atoms with Crippen LogP contribution < -0.4 is 10.9 Å². The van der Waals surface area contributed by atoms with Crippen molar-refractivity contribution in [3.63, 3.8) is 0 Å². The van der Waals surface area contributed by atoms with Crippen LogP contribution in [0.1, 0.15) is 41.9 Å². The zero-order chi connectivity index (χ0) is 21.5. The van der Waals surface area contributed by atoms with Crippen LogP contribution in [0.25, 0.3) is 0 Å². The normalized spacial score (nSPS) is 19.6. The van der Waals surface area contributed by atoms with E-state index in [4.69, 9.17) is 4.74 Å². The Morgan fingerprint density at radius 3 is 2.53 bits per heavy atom. The molecule has 0 radical (unpaired) electrons. The summed E-state index contributed by atoms with van der Waals surface area (Å²) in [6.45, 7) is 8.83. The number of nitrogens with one attached hydrogen (secondary N) is 1. The summed E-state index contributed by atoms with van der Waals surface area (Å²) in [7, 11) is 1.56. The Labute approximate surface area is 178 Å². The maximum Gasteiger partial charge on any atom is 0.271 e. The molecule has 162 valence electrons. The van der Waals surface area contributed by atoms with Crippen LogP contribution in [-0.4, -0.2) is 47.4 Å². The summed E-state index contributed by atoms with van der Waals surface area (Å²) in [6.07, 6.45) is 1.29. The number of amides is 1. The van der Waals surface area contributed by atoms with Crippen molar-refractivity contribution in [2.24, 2.45) is 11.8 Å². The SMILES string of the molecule is COCCn1nc(C(=O)NCc2ccccc2CN2C[C@H](C)C[C@H](C)C2)ccc1=O. The van der Waals surface area contributed by atoms with E-state index in [9.17, 15) is 9.59 Å². The van der Waals surface area contributed by atoms with Crippen LogP contribution in [-0.2, 0) is 24.4 Å². The molecule has 2 aromatic rings. The Morgan fingerprint density at radius 1 is 1.13 bits per heavy atom. The van der Waals surface area contributed by atoms with Crippen molar-refractivity contribution < 1.29 is 9.53 Å². The van der Waals surface area contributed by atoms with Crippen molar-refractivity contribution in [3.05, 3.63) is 63.6 Å². The van der Waals surface area contributed by atoms with Crippen LogP contribution in [0.5, 0.6) is 0 Å². The highest BCUT2D eigenvalue weighted by Gasteiger charge is 2.22. The van der Waals surface area contributed by atoms with E-state index in [0.717, 1.165) is 25.2 Å². The molecule has 7 nitrogen and oxygen atoms in total. The lowest BCUT2D eigenvalue weighted by atomic mass is 9.91. The monoisotopic (exact) mass is 412 g/mol. The van der Waals surface area contributed by atoms with Crippen molar-refractivity contribution in [1.29, 1.82) is 0 Å². The number of piperidine rings is 1. The first-order chi connectivity index (χ1) is 14.5. The van der Waals surface area contributed by atoms with Gasteiger partial charge in [-0.2, -0.15) is 5.10 Å². The van der Waals surface area contributed by atoms with Crippen LogP contribution in [0.15, 0.2) is 41.2 Å². The molecule has 2 atom stereocenters. The molecule has 1 aliphatic heterocycles. The van der Waals surface area contributed by atoms with E-state index >= 15 is 0 Å². The molecule has 1 aromatic carbocycles. The fourth-order valence-electron chi connectivity index (χ4n) is 4.22. The Kier molecular flexibility index (Phi) is 7.76. The number of hydrogen-bond donors (Lipinski definition) is 1. The Balaban J connectivity index is 1.65. The van der Waals surface area contributed by atoms with Gasteiger partial charge >= 0.3 is 0 Å². The fourth-order valence-corrected chi connectivity index (χ4v) is 4.22. The maximum absolute atomic E-state index is 12.6. The summed E-state index contributed by atoms with van der Waals surface area (Å²) in [5, 5.41) is 7.11. The third-order valence-electron chi connectivity index (χ3n) is 5.50. The van der Waals surface area contributed by atoms with E-state index in [-0.39, 0.29) is 17.2 Å². The van der Waals surface area contributed by atoms with Gasteiger partial charge in [0.1, 0.15) is 5.69 Å². The molecule has 0 spiro atoms. The first-order valence-electron chi connectivity index (χ1n) is 10.6. The minimum absolute atomic E-state index is 0.224. The molecule has 0 saturated carbocycles. The summed E-state index contributed by atoms with van der Waals surface area (Å²) in [4.78, 5) is 27.0. The number of carbonyl (C=O) groups is 1. The van der Waals surface area contributed by atoms with Crippen LogP contribution >= 0.6 is 0 Å². The van der Waals surface area contributed by atoms with Gasteiger partial charge in [-0.3, -0.25) is 14.5 Å². The van der Waals surface area contributed by atoms with Crippen LogP contribution in [0.2, 0.25) is 0 Å². The first-order valence-corrected chi connectivity index (χ1v) is 10.6. The van der Waals surface area contributed by atoms with Gasteiger partial charge in [-0.25, -0.2) is 4.68 Å². The molecular formula is C23H32N4O3. The number of rotatable bonds is 8. The molecule has 1 saturated heterocycles. The first kappa shape index (κ1) is 22.2. The molecule has 1 aromatic heterocycles. The number of carbonyl (C=O) groups excluding carboxylic acids is 1. The van der Waals surface area contributed by atoms with Crippen LogP contribution in [0.4, 0.5) is 0 Å². The zero-order valence-electron chi connectivity index (χ0n) is 18.1. The van der Waals surface area contributed by atoms with Crippen LogP contribution in [0.3, 0.4) is 0 Å². The number of likely N-dealkylation sites (tertiary alicyclic amines) is 1. The number of nitrogens with zero attached hydrogens (tertiary/aromatic N) is 3. The molecular weight excluding hydrogens is 380 g/mol. The highest BCUT2D eigenvalue weighted by atomic mass is 16.5. The number of benzene rings is 1. The van der Waals surface area contributed by atoms with Gasteiger partial charge in [0, 0.05) is 39.4 Å². The van der Waals surface area contributed by atoms with Gasteiger partial charge in [0.25, 0.3) is 11.5 Å². The van der Waals surface area contributed by atoms with Gasteiger partial charge in [0.2, 0.25) is 0 Å². The average molecular weight is 413 g/mol. The Morgan fingerprint density at radius 2 is 1.83 bits per heavy atom. The summed E-state index contributed by atoms with van der Waals surface area (Å²) in [5.74, 6) is 1.12. The number of ether oxygens (including phenoxy) is 1. The lowest BCUT2D eigenvalue weighted by molar-refractivity contribution is 0.0942. The predicted octanol–water partition coefficient (Wildman–Crippen LogP) is 2.30. The van der Waals surface area contributed by atoms with Crippen molar-refractivity contribution in [2.75, 3.05) is 26.8 Å². The van der Waals surface area contributed by atoms with Crippen LogP contribution in [0, 0.1) is 11.8 Å². The highest BCUT2D eigenvalue weighted by Crippen LogP contribution is 2.23. The highest BCUT2D eigenvalue weighted by molar-refractivity contribution is 5.91. The second-order valence-corrected chi connectivity index (χ2v) is 8.36. The minimum Gasteiger partial charge on any atom is -0.383 e. The van der Waals surface area contributed by atoms with Gasteiger partial charge in [0.05, 0.1) is 13.2 Å². The largest absolute Gasteiger partial charge is 0.383 e. The van der Waals surface area contributed by atoms with Gasteiger partial charge in [0.15, 0.2) is 0 Å². The van der Waals surface area contributed by atoms with Gasteiger partial charge < -0.3 is 10.1 Å². The van der Waals surface area contributed by atoms with E-state index in [2.05, 4.69) is 41.3 Å². The van der Waals surface area contributed by atoms with Gasteiger partial charge in [-0.15, -0.1) is 0 Å². The average Bonchev–Trinajstić information content (AvgIpc) is 2.71. The topological polar surface area (TPSA) is 76.5 Å². The third-order valence-corrected chi connectivity index (χ3v) is 5.50. The smallest absolute Gasteiger partial charge is 0.271 e. The van der Waals surface area contributed by atoms with Crippen molar-refractivity contribution in [3.8, 4) is 0 Å². The number of methoxy groups -OCH3 is 1. The second-order valence-electron chi connectivity index (χ2n) is 8.36. The molecule has 2 heterocycles. The molecule has 0 unspecified atom stereocenters. The Bertz CT molecular complexity index is 901. The molecule has 1 aliphatic rings. The number of hydrogen-bond acceptors (Lipinski definition) is 5. The third kappa shape index (κ3) is 6.00. The van der Waals surface area contributed by atoms with Crippen molar-refractivity contribution >= 4 is 5.91 Å². The predicted molar refractivity (Wildman–Crippen MR) is 116 cm³/mol. The second kappa shape index (κ2) is 10.5. The lowest BCUT2D eigenvalue weighted by Crippen LogP contribution is -2.38. The Hall–Kier alpha value is -2.51. The molecule has 0 bridgehead atoms. The van der Waals surface area contributed by atoms with Gasteiger partial charge in [-0.05, 0) is 35.4 Å². The van der Waals surface area contributed by atoms with E-state index in [0.29, 0.717) is 31.5 Å². The molecule has 0 aliphatic carbocycles. The summed E-state index contributed by atoms with van der Waals surface area (Å²) in [5.41, 5.74) is 2.31. The van der Waals surface area contributed by atoms with E-state index in [1.54, 1.807) is 7.11 Å². The molecule has 3 rings (SSSR count). The van der Waals surface area contributed by atoms with Gasteiger partial charge in [-0.1, -0.05) is 38.1 Å². The standard InChI is InChI=1S/C23H32N4O3/c1-17-12-18(2)15-26(14-17)16-20-7-5-4-6-19(20)13-24-23(29)21-8-9-22(28)27(25-21)10-11-30-3/h4-9,17-18H,10-16H2,1-3H3,(H,24,29)/t17-,18+. The molecule has 30 heavy (non-hydrogen) atoms. The van der Waals surface area contributed by atoms with E-state index in [1.807, 2.05) is 12.1 Å². The number of aromatic nitrogens is 2.